The van der Waals surface area contributed by atoms with Crippen LogP contribution in [0.4, 0.5) is 5.82 Å². The number of hydrogen-bond donors (Lipinski definition) is 2. The van der Waals surface area contributed by atoms with Crippen molar-refractivity contribution in [3.63, 3.8) is 0 Å². The summed E-state index contributed by atoms with van der Waals surface area (Å²) in [7, 11) is 0. The van der Waals surface area contributed by atoms with E-state index in [1.807, 2.05) is 29.6 Å². The van der Waals surface area contributed by atoms with Gasteiger partial charge in [-0.25, -0.2) is 14.8 Å². The van der Waals surface area contributed by atoms with Crippen molar-refractivity contribution in [1.82, 2.24) is 15.3 Å². The van der Waals surface area contributed by atoms with Crippen LogP contribution in [0.5, 0.6) is 5.75 Å². The van der Waals surface area contributed by atoms with Gasteiger partial charge in [0.15, 0.2) is 0 Å². The molecule has 0 radical (unpaired) electrons. The van der Waals surface area contributed by atoms with Crippen LogP contribution in [0.3, 0.4) is 0 Å². The van der Waals surface area contributed by atoms with Crippen LogP contribution in [0.2, 0.25) is 5.02 Å². The smallest absolute Gasteiger partial charge is 0.328 e. The molecule has 1 fully saturated rings. The highest BCUT2D eigenvalue weighted by molar-refractivity contribution is 7.98. The number of rotatable bonds is 13. The van der Waals surface area contributed by atoms with Gasteiger partial charge < -0.3 is 25.4 Å². The molecule has 3 heterocycles. The zero-order valence-electron chi connectivity index (χ0n) is 26.9. The molecule has 3 N–H and O–H groups in total. The Balaban J connectivity index is 1.33. The van der Waals surface area contributed by atoms with Crippen LogP contribution in [0.1, 0.15) is 43.5 Å². The molecule has 49 heavy (non-hydrogen) atoms. The first-order valence-electron chi connectivity index (χ1n) is 15.6. The highest BCUT2D eigenvalue weighted by atomic mass is 35.5. The van der Waals surface area contributed by atoms with E-state index in [9.17, 15) is 20.1 Å². The Morgan fingerprint density at radius 1 is 1.02 bits per heavy atom. The first kappa shape index (κ1) is 35.6. The minimum Gasteiger partial charge on any atom is -0.490 e. The molecule has 252 valence electrons. The number of carbonyl (C=O) groups excluding carboxylic acids is 2. The number of thioether (sulfide) groups is 1. The molecule has 0 spiro atoms. The summed E-state index contributed by atoms with van der Waals surface area (Å²) in [6, 6.07) is 17.7. The molecule has 0 saturated carbocycles. The standard InChI is InChI=1S/C35H34ClN7O4S2/c1-21(39)32(44)40-22(2)35(45)47-16-15-46-27-11-7-23(8-12-27)30-28(17-37)31(43-13-3-4-14-43)42-34(29(30)18-38)49-20-26-19-48-33(41-26)24-5-9-25(36)10-6-24/h5-12,19,21-22H,3-4,13-16,20,39H2,1-2H3,(H,40,44)/t21-,22-/m1/s1. The number of amides is 1. The van der Waals surface area contributed by atoms with Crippen molar-refractivity contribution in [2.75, 3.05) is 31.2 Å². The van der Waals surface area contributed by atoms with Crippen LogP contribution in [0, 0.1) is 22.7 Å². The topological polar surface area (TPSA) is 167 Å². The van der Waals surface area contributed by atoms with Crippen molar-refractivity contribution < 1.29 is 19.1 Å². The molecular weight excluding hydrogens is 682 g/mol. The maximum atomic E-state index is 12.2. The number of esters is 1. The average molecular weight is 716 g/mol. The molecule has 1 saturated heterocycles. The number of benzene rings is 2. The van der Waals surface area contributed by atoms with Crippen molar-refractivity contribution in [3.05, 3.63) is 75.8 Å². The van der Waals surface area contributed by atoms with E-state index in [0.29, 0.717) is 49.6 Å². The van der Waals surface area contributed by atoms with E-state index in [2.05, 4.69) is 22.4 Å². The maximum Gasteiger partial charge on any atom is 0.328 e. The lowest BCUT2D eigenvalue weighted by Crippen LogP contribution is -2.46. The number of aromatic nitrogens is 2. The first-order chi connectivity index (χ1) is 23.7. The largest absolute Gasteiger partial charge is 0.490 e. The van der Waals surface area contributed by atoms with Gasteiger partial charge in [0.1, 0.15) is 58.6 Å². The fourth-order valence-electron chi connectivity index (χ4n) is 5.10. The molecule has 0 unspecified atom stereocenters. The first-order valence-corrected chi connectivity index (χ1v) is 17.8. The van der Waals surface area contributed by atoms with Crippen LogP contribution >= 0.6 is 34.7 Å². The van der Waals surface area contributed by atoms with Crippen LogP contribution in [-0.4, -0.2) is 60.2 Å². The summed E-state index contributed by atoms with van der Waals surface area (Å²) in [6.45, 7) is 4.66. The van der Waals surface area contributed by atoms with Gasteiger partial charge in [-0.15, -0.1) is 11.3 Å². The predicted octanol–water partition coefficient (Wildman–Crippen LogP) is 5.94. The minimum absolute atomic E-state index is 0.0273. The molecule has 0 aliphatic carbocycles. The van der Waals surface area contributed by atoms with Crippen LogP contribution < -0.4 is 20.7 Å². The Bertz CT molecular complexity index is 1880. The fraction of sp³-hybridized carbons (Fsp3) is 0.314. The van der Waals surface area contributed by atoms with Gasteiger partial charge in [0.25, 0.3) is 0 Å². The van der Waals surface area contributed by atoms with Crippen molar-refractivity contribution >= 4 is 52.4 Å². The quantitative estimate of drug-likeness (QED) is 0.0956. The number of hydrogen-bond acceptors (Lipinski definition) is 12. The number of halogens is 1. The number of pyridine rings is 1. The van der Waals surface area contributed by atoms with E-state index < -0.39 is 24.0 Å². The van der Waals surface area contributed by atoms with E-state index in [0.717, 1.165) is 42.2 Å². The molecule has 14 heteroatoms. The van der Waals surface area contributed by atoms with Crippen molar-refractivity contribution in [2.24, 2.45) is 5.73 Å². The number of nitrogens with zero attached hydrogens (tertiary/aromatic N) is 5. The normalized spacial score (nSPS) is 13.6. The van der Waals surface area contributed by atoms with E-state index in [1.54, 1.807) is 24.3 Å². The Kier molecular flexibility index (Phi) is 12.1. The second-order valence-corrected chi connectivity index (χ2v) is 13.5. The number of nitriles is 2. The summed E-state index contributed by atoms with van der Waals surface area (Å²) in [5.41, 5.74) is 9.23. The van der Waals surface area contributed by atoms with E-state index >= 15 is 0 Å². The summed E-state index contributed by atoms with van der Waals surface area (Å²) >= 11 is 9.00. The number of thiazole rings is 1. The third-order valence-electron chi connectivity index (χ3n) is 7.64. The zero-order valence-corrected chi connectivity index (χ0v) is 29.3. The van der Waals surface area contributed by atoms with E-state index in [-0.39, 0.29) is 13.2 Å². The summed E-state index contributed by atoms with van der Waals surface area (Å²) in [4.78, 5) is 35.7. The molecule has 0 bridgehead atoms. The number of nitrogens with two attached hydrogens (primary N) is 1. The molecule has 2 aromatic heterocycles. The van der Waals surface area contributed by atoms with Crippen molar-refractivity contribution in [1.29, 1.82) is 10.5 Å². The van der Waals surface area contributed by atoms with E-state index in [4.69, 9.17) is 36.8 Å². The van der Waals surface area contributed by atoms with Gasteiger partial charge in [0.05, 0.1) is 17.3 Å². The molecule has 5 rings (SSSR count). The Labute approximate surface area is 298 Å². The second kappa shape index (κ2) is 16.6. The third-order valence-corrected chi connectivity index (χ3v) is 9.84. The van der Waals surface area contributed by atoms with Gasteiger partial charge in [-0.3, -0.25) is 4.79 Å². The molecule has 2 aromatic carbocycles. The van der Waals surface area contributed by atoms with Gasteiger partial charge in [-0.2, -0.15) is 10.5 Å². The molecule has 11 nitrogen and oxygen atoms in total. The maximum absolute atomic E-state index is 12.2. The van der Waals surface area contributed by atoms with E-state index in [1.165, 1.54) is 36.9 Å². The van der Waals surface area contributed by atoms with Crippen molar-refractivity contribution in [3.8, 4) is 39.6 Å². The summed E-state index contributed by atoms with van der Waals surface area (Å²) in [5.74, 6) is 0.530. The lowest BCUT2D eigenvalue weighted by Gasteiger charge is -2.22. The van der Waals surface area contributed by atoms with Crippen LogP contribution in [0.25, 0.3) is 21.7 Å². The number of anilines is 1. The van der Waals surface area contributed by atoms with Gasteiger partial charge in [0.2, 0.25) is 5.91 Å². The summed E-state index contributed by atoms with van der Waals surface area (Å²) < 4.78 is 11.0. The fourth-order valence-corrected chi connectivity index (χ4v) is 7.03. The molecule has 1 amide bonds. The predicted molar refractivity (Wildman–Crippen MR) is 190 cm³/mol. The summed E-state index contributed by atoms with van der Waals surface area (Å²) in [6.07, 6.45) is 2.00. The molecular formula is C35H34ClN7O4S2. The van der Waals surface area contributed by atoms with Gasteiger partial charge in [-0.05, 0) is 56.5 Å². The average Bonchev–Trinajstić information content (AvgIpc) is 3.82. The third kappa shape index (κ3) is 8.88. The number of carbonyl (C=O) groups is 2. The zero-order chi connectivity index (χ0) is 34.9. The highest BCUT2D eigenvalue weighted by Gasteiger charge is 2.26. The Hall–Kier alpha value is -4.66. The number of ether oxygens (including phenoxy) is 2. The number of nitrogens with one attached hydrogen (secondary N) is 1. The van der Waals surface area contributed by atoms with Gasteiger partial charge in [-0.1, -0.05) is 47.6 Å². The monoisotopic (exact) mass is 715 g/mol. The molecule has 4 aromatic rings. The minimum atomic E-state index is -0.844. The lowest BCUT2D eigenvalue weighted by molar-refractivity contribution is -0.148. The summed E-state index contributed by atoms with van der Waals surface area (Å²) in [5, 5.41) is 27.4. The van der Waals surface area contributed by atoms with Gasteiger partial charge >= 0.3 is 5.97 Å². The Morgan fingerprint density at radius 3 is 2.35 bits per heavy atom. The van der Waals surface area contributed by atoms with Crippen LogP contribution in [0.15, 0.2) is 58.9 Å². The second-order valence-electron chi connectivity index (χ2n) is 11.3. The SMILES string of the molecule is C[C@@H](N)C(=O)N[C@H](C)C(=O)OCCOc1ccc(-c2c(C#N)c(SCc3csc(-c4ccc(Cl)cc4)n3)nc(N3CCCC3)c2C#N)cc1. The van der Waals surface area contributed by atoms with Gasteiger partial charge in [0, 0.05) is 40.4 Å². The molecule has 2 atom stereocenters. The lowest BCUT2D eigenvalue weighted by atomic mass is 9.96. The van der Waals surface area contributed by atoms with Crippen LogP contribution in [-0.2, 0) is 20.1 Å². The molecule has 1 aliphatic heterocycles. The van der Waals surface area contributed by atoms with Crippen molar-refractivity contribution in [2.45, 2.75) is 49.6 Å². The Morgan fingerprint density at radius 2 is 1.69 bits per heavy atom. The molecule has 1 aliphatic rings. The highest BCUT2D eigenvalue weighted by Crippen LogP contribution is 2.40.